The standard InChI is InChI=1S/C13H15NO5/c15-10-7-6-9(13(17)11(10)14(18)19)12(16)8-4-2-1-3-5-8/h6-8,15,17H,1-5H2. The summed E-state index contributed by atoms with van der Waals surface area (Å²) in [7, 11) is 0. The number of benzene rings is 1. The van der Waals surface area contributed by atoms with Crippen LogP contribution in [0.5, 0.6) is 11.5 Å². The molecule has 0 aliphatic heterocycles. The number of nitro benzene ring substituents is 1. The van der Waals surface area contributed by atoms with Gasteiger partial charge in [0.2, 0.25) is 5.75 Å². The SMILES string of the molecule is O=C(c1ccc(O)c([N+](=O)[O-])c1O)C1CCCCC1. The summed E-state index contributed by atoms with van der Waals surface area (Å²) in [5.41, 5.74) is -0.877. The summed E-state index contributed by atoms with van der Waals surface area (Å²) in [6.07, 6.45) is 4.49. The second-order valence-corrected chi connectivity index (χ2v) is 4.79. The minimum absolute atomic E-state index is 0.0728. The second kappa shape index (κ2) is 5.26. The van der Waals surface area contributed by atoms with Gasteiger partial charge in [-0.2, -0.15) is 0 Å². The lowest BCUT2D eigenvalue weighted by Gasteiger charge is -2.20. The molecule has 1 aromatic carbocycles. The van der Waals surface area contributed by atoms with Gasteiger partial charge in [-0.05, 0) is 25.0 Å². The molecule has 0 aromatic heterocycles. The number of ketones is 1. The summed E-state index contributed by atoms with van der Waals surface area (Å²) >= 11 is 0. The maximum Gasteiger partial charge on any atom is 0.352 e. The van der Waals surface area contributed by atoms with Crippen LogP contribution >= 0.6 is 0 Å². The van der Waals surface area contributed by atoms with Crippen LogP contribution in [0.25, 0.3) is 0 Å². The van der Waals surface area contributed by atoms with Gasteiger partial charge in [0.15, 0.2) is 11.5 Å². The number of phenolic OH excluding ortho intramolecular Hbond substituents is 2. The third kappa shape index (κ3) is 2.52. The molecule has 1 aromatic rings. The first-order valence-corrected chi connectivity index (χ1v) is 6.26. The monoisotopic (exact) mass is 265 g/mol. The number of hydrogen-bond donors (Lipinski definition) is 2. The van der Waals surface area contributed by atoms with Crippen LogP contribution in [0, 0.1) is 16.0 Å². The van der Waals surface area contributed by atoms with Gasteiger partial charge >= 0.3 is 5.69 Å². The smallest absolute Gasteiger partial charge is 0.352 e. The number of nitro groups is 1. The molecule has 102 valence electrons. The molecule has 1 saturated carbocycles. The van der Waals surface area contributed by atoms with Crippen molar-refractivity contribution in [1.29, 1.82) is 0 Å². The van der Waals surface area contributed by atoms with E-state index in [4.69, 9.17) is 0 Å². The summed E-state index contributed by atoms with van der Waals surface area (Å²) in [6.45, 7) is 0. The molecule has 0 heterocycles. The molecule has 0 unspecified atom stereocenters. The van der Waals surface area contributed by atoms with Crippen LogP contribution in [0.2, 0.25) is 0 Å². The third-order valence-corrected chi connectivity index (χ3v) is 3.55. The first-order valence-electron chi connectivity index (χ1n) is 6.26. The first kappa shape index (κ1) is 13.3. The molecule has 0 spiro atoms. The molecule has 0 radical (unpaired) electrons. The van der Waals surface area contributed by atoms with E-state index in [1.54, 1.807) is 0 Å². The van der Waals surface area contributed by atoms with Crippen molar-refractivity contribution in [1.82, 2.24) is 0 Å². The fourth-order valence-electron chi connectivity index (χ4n) is 2.53. The van der Waals surface area contributed by atoms with E-state index in [0.717, 1.165) is 38.2 Å². The van der Waals surface area contributed by atoms with Gasteiger partial charge in [0, 0.05) is 5.92 Å². The summed E-state index contributed by atoms with van der Waals surface area (Å²) in [5, 5.41) is 30.0. The van der Waals surface area contributed by atoms with Crippen molar-refractivity contribution < 1.29 is 19.9 Å². The first-order chi connectivity index (χ1) is 9.02. The number of phenols is 2. The molecular formula is C13H15NO5. The Morgan fingerprint density at radius 1 is 1.21 bits per heavy atom. The second-order valence-electron chi connectivity index (χ2n) is 4.79. The molecule has 19 heavy (non-hydrogen) atoms. The van der Waals surface area contributed by atoms with Gasteiger partial charge in [-0.25, -0.2) is 0 Å². The number of hydrogen-bond acceptors (Lipinski definition) is 5. The molecule has 0 bridgehead atoms. The number of Topliss-reactive ketones (excluding diaryl/α,β-unsaturated/α-hetero) is 1. The third-order valence-electron chi connectivity index (χ3n) is 3.55. The Morgan fingerprint density at radius 3 is 2.42 bits per heavy atom. The number of carbonyl (C=O) groups is 1. The molecule has 1 fully saturated rings. The Balaban J connectivity index is 2.37. The highest BCUT2D eigenvalue weighted by Crippen LogP contribution is 2.40. The lowest BCUT2D eigenvalue weighted by molar-refractivity contribution is -0.386. The van der Waals surface area contributed by atoms with Crippen LogP contribution in [0.1, 0.15) is 42.5 Å². The van der Waals surface area contributed by atoms with Crippen molar-refractivity contribution in [2.24, 2.45) is 5.92 Å². The van der Waals surface area contributed by atoms with E-state index in [0.29, 0.717) is 0 Å². The van der Waals surface area contributed by atoms with Gasteiger partial charge in [0.05, 0.1) is 10.5 Å². The van der Waals surface area contributed by atoms with Crippen molar-refractivity contribution in [2.45, 2.75) is 32.1 Å². The minimum Gasteiger partial charge on any atom is -0.502 e. The Bertz CT molecular complexity index is 520. The summed E-state index contributed by atoms with van der Waals surface area (Å²) in [4.78, 5) is 22.1. The largest absolute Gasteiger partial charge is 0.502 e. The van der Waals surface area contributed by atoms with Crippen LogP contribution in [0.3, 0.4) is 0 Å². The number of aromatic hydroxyl groups is 2. The number of rotatable bonds is 3. The number of nitrogens with zero attached hydrogens (tertiary/aromatic N) is 1. The van der Waals surface area contributed by atoms with Crippen molar-refractivity contribution in [3.63, 3.8) is 0 Å². The van der Waals surface area contributed by atoms with Crippen molar-refractivity contribution in [3.8, 4) is 11.5 Å². The maximum absolute atomic E-state index is 12.2. The van der Waals surface area contributed by atoms with E-state index in [-0.39, 0.29) is 17.3 Å². The van der Waals surface area contributed by atoms with Gasteiger partial charge in [-0.1, -0.05) is 19.3 Å². The fourth-order valence-corrected chi connectivity index (χ4v) is 2.53. The highest BCUT2D eigenvalue weighted by molar-refractivity contribution is 6.01. The van der Waals surface area contributed by atoms with E-state index in [2.05, 4.69) is 0 Å². The molecule has 1 aliphatic carbocycles. The Kier molecular flexibility index (Phi) is 3.69. The molecule has 0 atom stereocenters. The average Bonchev–Trinajstić information content (AvgIpc) is 2.39. The Morgan fingerprint density at radius 2 is 1.84 bits per heavy atom. The zero-order valence-electron chi connectivity index (χ0n) is 10.3. The molecule has 2 rings (SSSR count). The van der Waals surface area contributed by atoms with Crippen LogP contribution in [0.15, 0.2) is 12.1 Å². The van der Waals surface area contributed by atoms with E-state index >= 15 is 0 Å². The fraction of sp³-hybridized carbons (Fsp3) is 0.462. The zero-order chi connectivity index (χ0) is 14.0. The van der Waals surface area contributed by atoms with Gasteiger partial charge in [0.25, 0.3) is 0 Å². The van der Waals surface area contributed by atoms with E-state index in [9.17, 15) is 25.1 Å². The van der Waals surface area contributed by atoms with Gasteiger partial charge in [-0.3, -0.25) is 14.9 Å². The van der Waals surface area contributed by atoms with Gasteiger partial charge in [-0.15, -0.1) is 0 Å². The van der Waals surface area contributed by atoms with Crippen LogP contribution in [-0.2, 0) is 0 Å². The highest BCUT2D eigenvalue weighted by Gasteiger charge is 2.30. The molecule has 0 saturated heterocycles. The quantitative estimate of drug-likeness (QED) is 0.497. The van der Waals surface area contributed by atoms with Crippen molar-refractivity contribution in [2.75, 3.05) is 0 Å². The highest BCUT2D eigenvalue weighted by atomic mass is 16.6. The zero-order valence-corrected chi connectivity index (χ0v) is 10.3. The molecule has 1 aliphatic rings. The normalized spacial score (nSPS) is 16.2. The van der Waals surface area contributed by atoms with Crippen LogP contribution in [0.4, 0.5) is 5.69 Å². The summed E-state index contributed by atoms with van der Waals surface area (Å²) in [6, 6.07) is 2.32. The lowest BCUT2D eigenvalue weighted by Crippen LogP contribution is -2.18. The van der Waals surface area contributed by atoms with Crippen LogP contribution in [-0.4, -0.2) is 20.9 Å². The molecule has 0 amide bonds. The van der Waals surface area contributed by atoms with E-state index < -0.39 is 22.1 Å². The lowest BCUT2D eigenvalue weighted by atomic mass is 9.83. The summed E-state index contributed by atoms with van der Waals surface area (Å²) in [5.74, 6) is -1.84. The van der Waals surface area contributed by atoms with Gasteiger partial charge < -0.3 is 10.2 Å². The number of carbonyl (C=O) groups excluding carboxylic acids is 1. The predicted octanol–water partition coefficient (Wildman–Crippen LogP) is 2.77. The minimum atomic E-state index is -0.887. The van der Waals surface area contributed by atoms with Crippen LogP contribution < -0.4 is 0 Å². The molecule has 6 heteroatoms. The van der Waals surface area contributed by atoms with Gasteiger partial charge in [0.1, 0.15) is 0 Å². The molecule has 6 nitrogen and oxygen atoms in total. The predicted molar refractivity (Wildman–Crippen MR) is 67.3 cm³/mol. The van der Waals surface area contributed by atoms with E-state index in [1.807, 2.05) is 0 Å². The maximum atomic E-state index is 12.2. The van der Waals surface area contributed by atoms with Crippen molar-refractivity contribution in [3.05, 3.63) is 27.8 Å². The Hall–Kier alpha value is -2.11. The topological polar surface area (TPSA) is 101 Å². The average molecular weight is 265 g/mol. The van der Waals surface area contributed by atoms with E-state index in [1.165, 1.54) is 6.07 Å². The molecular weight excluding hydrogens is 250 g/mol. The molecule has 2 N–H and O–H groups in total. The Labute approximate surface area is 109 Å². The van der Waals surface area contributed by atoms with Crippen molar-refractivity contribution >= 4 is 11.5 Å². The summed E-state index contributed by atoms with van der Waals surface area (Å²) < 4.78 is 0.